The molecule has 1 atom stereocenters. The van der Waals surface area contributed by atoms with Gasteiger partial charge in [0.15, 0.2) is 0 Å². The molecule has 1 aromatic heterocycles. The number of hydrogen-bond acceptors (Lipinski definition) is 4. The number of thiophene rings is 1. The average Bonchev–Trinajstić information content (AvgIpc) is 3.25. The molecular formula is C18H22N2O2S. The Morgan fingerprint density at radius 3 is 2.83 bits per heavy atom. The molecule has 0 radical (unpaired) electrons. The Labute approximate surface area is 140 Å². The molecule has 1 fully saturated rings. The summed E-state index contributed by atoms with van der Waals surface area (Å²) >= 11 is 1.45. The van der Waals surface area contributed by atoms with E-state index in [1.54, 1.807) is 0 Å². The third-order valence-corrected chi connectivity index (χ3v) is 5.25. The minimum Gasteiger partial charge on any atom is -0.395 e. The monoisotopic (exact) mass is 330 g/mol. The number of rotatable bonds is 6. The maximum atomic E-state index is 12.1. The summed E-state index contributed by atoms with van der Waals surface area (Å²) in [6.07, 6.45) is 2.20. The Morgan fingerprint density at radius 1 is 1.26 bits per heavy atom. The van der Waals surface area contributed by atoms with Gasteiger partial charge in [0.2, 0.25) is 0 Å². The van der Waals surface area contributed by atoms with Crippen molar-refractivity contribution in [1.29, 1.82) is 0 Å². The molecule has 5 heteroatoms. The molecule has 2 N–H and O–H groups in total. The summed E-state index contributed by atoms with van der Waals surface area (Å²) in [5.41, 5.74) is 2.36. The van der Waals surface area contributed by atoms with Crippen LogP contribution in [0.1, 0.15) is 33.6 Å². The number of amides is 1. The summed E-state index contributed by atoms with van der Waals surface area (Å²) in [4.78, 5) is 15.2. The Bertz CT molecular complexity index is 642. The van der Waals surface area contributed by atoms with E-state index in [0.717, 1.165) is 36.4 Å². The smallest absolute Gasteiger partial charge is 0.261 e. The molecule has 0 unspecified atom stereocenters. The molecule has 23 heavy (non-hydrogen) atoms. The molecule has 3 rings (SSSR count). The van der Waals surface area contributed by atoms with E-state index in [0.29, 0.717) is 6.54 Å². The lowest BCUT2D eigenvalue weighted by Crippen LogP contribution is -2.32. The lowest BCUT2D eigenvalue weighted by molar-refractivity contribution is 0.0954. The van der Waals surface area contributed by atoms with Crippen molar-refractivity contribution < 1.29 is 9.90 Å². The summed E-state index contributed by atoms with van der Waals surface area (Å²) in [6.45, 7) is 2.61. The molecule has 1 amide bonds. The van der Waals surface area contributed by atoms with Gasteiger partial charge in [-0.3, -0.25) is 9.69 Å². The van der Waals surface area contributed by atoms with Crippen LogP contribution in [0, 0.1) is 0 Å². The van der Waals surface area contributed by atoms with E-state index in [4.69, 9.17) is 0 Å². The lowest BCUT2D eigenvalue weighted by atomic mass is 10.1. The van der Waals surface area contributed by atoms with Crippen LogP contribution in [-0.2, 0) is 13.1 Å². The molecule has 1 aliphatic heterocycles. The van der Waals surface area contributed by atoms with E-state index in [1.807, 2.05) is 29.6 Å². The highest BCUT2D eigenvalue weighted by Gasteiger charge is 2.24. The highest BCUT2D eigenvalue weighted by atomic mass is 32.1. The van der Waals surface area contributed by atoms with Crippen molar-refractivity contribution in [2.45, 2.75) is 32.0 Å². The van der Waals surface area contributed by atoms with Gasteiger partial charge in [0.05, 0.1) is 11.5 Å². The predicted octanol–water partition coefficient (Wildman–Crippen LogP) is 2.63. The molecule has 1 aliphatic rings. The quantitative estimate of drug-likeness (QED) is 0.856. The Morgan fingerprint density at radius 2 is 2.09 bits per heavy atom. The second-order valence-electron chi connectivity index (χ2n) is 5.88. The third kappa shape index (κ3) is 3.99. The predicted molar refractivity (Wildman–Crippen MR) is 92.4 cm³/mol. The Balaban J connectivity index is 1.65. The molecule has 0 aliphatic carbocycles. The minimum atomic E-state index is -0.0239. The van der Waals surface area contributed by atoms with Gasteiger partial charge in [-0.05, 0) is 42.0 Å². The van der Waals surface area contributed by atoms with E-state index in [2.05, 4.69) is 22.3 Å². The number of benzene rings is 1. The molecule has 0 bridgehead atoms. The summed E-state index contributed by atoms with van der Waals surface area (Å²) in [5.74, 6) is -0.0239. The molecule has 1 aromatic carbocycles. The topological polar surface area (TPSA) is 52.6 Å². The van der Waals surface area contributed by atoms with Gasteiger partial charge in [0.1, 0.15) is 0 Å². The first-order valence-corrected chi connectivity index (χ1v) is 8.89. The zero-order valence-corrected chi connectivity index (χ0v) is 13.9. The Kier molecular flexibility index (Phi) is 5.43. The second-order valence-corrected chi connectivity index (χ2v) is 6.83. The SMILES string of the molecule is O=C(NCc1ccccc1CN1CCC[C@H]1CO)c1cccs1. The summed E-state index contributed by atoms with van der Waals surface area (Å²) < 4.78 is 0. The number of carbonyl (C=O) groups is 1. The van der Waals surface area contributed by atoms with E-state index in [9.17, 15) is 9.90 Å². The van der Waals surface area contributed by atoms with Crippen molar-refractivity contribution in [1.82, 2.24) is 10.2 Å². The van der Waals surface area contributed by atoms with Gasteiger partial charge in [0.25, 0.3) is 5.91 Å². The van der Waals surface area contributed by atoms with Gasteiger partial charge in [-0.25, -0.2) is 0 Å². The van der Waals surface area contributed by atoms with Crippen LogP contribution in [0.3, 0.4) is 0 Å². The largest absolute Gasteiger partial charge is 0.395 e. The lowest BCUT2D eigenvalue weighted by Gasteiger charge is -2.24. The number of aliphatic hydroxyl groups excluding tert-OH is 1. The molecule has 2 aromatic rings. The molecule has 2 heterocycles. The van der Waals surface area contributed by atoms with Crippen LogP contribution in [0.5, 0.6) is 0 Å². The van der Waals surface area contributed by atoms with Gasteiger partial charge in [-0.15, -0.1) is 11.3 Å². The van der Waals surface area contributed by atoms with Crippen LogP contribution in [0.2, 0.25) is 0 Å². The number of nitrogens with one attached hydrogen (secondary N) is 1. The van der Waals surface area contributed by atoms with E-state index in [-0.39, 0.29) is 18.6 Å². The maximum absolute atomic E-state index is 12.1. The first-order chi connectivity index (χ1) is 11.3. The standard InChI is InChI=1S/C18H22N2O2S/c21-13-16-7-3-9-20(16)12-15-6-2-1-5-14(15)11-19-18(22)17-8-4-10-23-17/h1-2,4-6,8,10,16,21H,3,7,9,11-13H2,(H,19,22)/t16-/m0/s1. The number of aliphatic hydroxyl groups is 1. The maximum Gasteiger partial charge on any atom is 0.261 e. The Hall–Kier alpha value is -1.69. The number of hydrogen-bond donors (Lipinski definition) is 2. The van der Waals surface area contributed by atoms with Crippen LogP contribution in [0.25, 0.3) is 0 Å². The summed E-state index contributed by atoms with van der Waals surface area (Å²) in [5, 5.41) is 14.4. The van der Waals surface area contributed by atoms with Crippen molar-refractivity contribution in [2.75, 3.05) is 13.2 Å². The average molecular weight is 330 g/mol. The zero-order chi connectivity index (χ0) is 16.1. The van der Waals surface area contributed by atoms with Gasteiger partial charge >= 0.3 is 0 Å². The number of likely N-dealkylation sites (tertiary alicyclic amines) is 1. The van der Waals surface area contributed by atoms with Crippen molar-refractivity contribution in [2.24, 2.45) is 0 Å². The van der Waals surface area contributed by atoms with Crippen LogP contribution in [0.15, 0.2) is 41.8 Å². The van der Waals surface area contributed by atoms with Crippen LogP contribution in [-0.4, -0.2) is 35.1 Å². The van der Waals surface area contributed by atoms with E-state index in [1.165, 1.54) is 16.9 Å². The zero-order valence-electron chi connectivity index (χ0n) is 13.1. The number of nitrogens with zero attached hydrogens (tertiary/aromatic N) is 1. The van der Waals surface area contributed by atoms with Crippen molar-refractivity contribution in [3.05, 3.63) is 57.8 Å². The third-order valence-electron chi connectivity index (χ3n) is 4.39. The fourth-order valence-electron chi connectivity index (χ4n) is 3.08. The second kappa shape index (κ2) is 7.73. The van der Waals surface area contributed by atoms with Gasteiger partial charge in [0, 0.05) is 19.1 Å². The molecular weight excluding hydrogens is 308 g/mol. The van der Waals surface area contributed by atoms with Gasteiger partial charge < -0.3 is 10.4 Å². The summed E-state index contributed by atoms with van der Waals surface area (Å²) in [7, 11) is 0. The fraction of sp³-hybridized carbons (Fsp3) is 0.389. The number of carbonyl (C=O) groups excluding carboxylic acids is 1. The van der Waals surface area contributed by atoms with Crippen LogP contribution in [0.4, 0.5) is 0 Å². The van der Waals surface area contributed by atoms with Crippen molar-refractivity contribution in [3.63, 3.8) is 0 Å². The van der Waals surface area contributed by atoms with Crippen molar-refractivity contribution >= 4 is 17.2 Å². The molecule has 0 spiro atoms. The van der Waals surface area contributed by atoms with Crippen LogP contribution >= 0.6 is 11.3 Å². The molecule has 4 nitrogen and oxygen atoms in total. The van der Waals surface area contributed by atoms with Crippen LogP contribution < -0.4 is 5.32 Å². The molecule has 1 saturated heterocycles. The van der Waals surface area contributed by atoms with Gasteiger partial charge in [-0.2, -0.15) is 0 Å². The fourth-order valence-corrected chi connectivity index (χ4v) is 3.72. The molecule has 122 valence electrons. The minimum absolute atomic E-state index is 0.0239. The normalized spacial score (nSPS) is 18.2. The van der Waals surface area contributed by atoms with E-state index >= 15 is 0 Å². The van der Waals surface area contributed by atoms with Gasteiger partial charge in [-0.1, -0.05) is 30.3 Å². The highest BCUT2D eigenvalue weighted by Crippen LogP contribution is 2.21. The van der Waals surface area contributed by atoms with Crippen molar-refractivity contribution in [3.8, 4) is 0 Å². The summed E-state index contributed by atoms with van der Waals surface area (Å²) in [6, 6.07) is 12.2. The first kappa shape index (κ1) is 16.2. The van der Waals surface area contributed by atoms with E-state index < -0.39 is 0 Å². The highest BCUT2D eigenvalue weighted by molar-refractivity contribution is 7.12. The first-order valence-electron chi connectivity index (χ1n) is 8.01. The molecule has 0 saturated carbocycles.